The summed E-state index contributed by atoms with van der Waals surface area (Å²) >= 11 is 4.52. The van der Waals surface area contributed by atoms with Gasteiger partial charge in [-0.05, 0) is 31.6 Å². The normalized spacial score (nSPS) is 40.1. The van der Waals surface area contributed by atoms with Gasteiger partial charge in [-0.15, -0.1) is 0 Å². The minimum absolute atomic E-state index is 0.820. The molecular weight excluding hydrogens is 154 g/mol. The molecule has 2 aliphatic rings. The van der Waals surface area contributed by atoms with Gasteiger partial charge in [-0.2, -0.15) is 0 Å². The van der Waals surface area contributed by atoms with Crippen LogP contribution in [-0.2, 0) is 0 Å². The zero-order valence-electron chi connectivity index (χ0n) is 7.00. The van der Waals surface area contributed by atoms with Gasteiger partial charge in [0.05, 0.1) is 0 Å². The van der Waals surface area contributed by atoms with Gasteiger partial charge in [0.2, 0.25) is 0 Å². The lowest BCUT2D eigenvalue weighted by molar-refractivity contribution is 0.141. The minimum atomic E-state index is 0.820. The van der Waals surface area contributed by atoms with E-state index >= 15 is 0 Å². The molecular formula is C9H17NS. The Labute approximate surface area is 74.7 Å². The minimum Gasteiger partial charge on any atom is -0.250 e. The molecule has 2 heteroatoms. The highest BCUT2D eigenvalue weighted by atomic mass is 32.1. The highest BCUT2D eigenvalue weighted by molar-refractivity contribution is 7.77. The maximum absolute atomic E-state index is 4.52. The van der Waals surface area contributed by atoms with Crippen LogP contribution < -0.4 is 0 Å². The summed E-state index contributed by atoms with van der Waals surface area (Å²) in [7, 11) is 0. The van der Waals surface area contributed by atoms with Gasteiger partial charge in [0.15, 0.2) is 0 Å². The second-order valence-corrected chi connectivity index (χ2v) is 4.43. The first-order chi connectivity index (χ1) is 5.38. The van der Waals surface area contributed by atoms with E-state index in [1.54, 1.807) is 0 Å². The average molecular weight is 171 g/mol. The molecule has 0 bridgehead atoms. The quantitative estimate of drug-likeness (QED) is 0.548. The molecule has 2 unspecified atom stereocenters. The number of nitrogens with zero attached hydrogens (tertiary/aromatic N) is 1. The van der Waals surface area contributed by atoms with Crippen molar-refractivity contribution in [2.45, 2.75) is 44.6 Å². The number of rotatable bonds is 0. The van der Waals surface area contributed by atoms with Gasteiger partial charge in [0.25, 0.3) is 0 Å². The molecule has 0 amide bonds. The van der Waals surface area contributed by atoms with Crippen LogP contribution >= 0.6 is 12.8 Å². The Morgan fingerprint density at radius 1 is 1.00 bits per heavy atom. The van der Waals surface area contributed by atoms with Crippen molar-refractivity contribution in [3.8, 4) is 0 Å². The zero-order valence-corrected chi connectivity index (χ0v) is 7.89. The van der Waals surface area contributed by atoms with Crippen molar-refractivity contribution in [2.75, 3.05) is 6.54 Å². The third-order valence-corrected chi connectivity index (χ3v) is 3.71. The van der Waals surface area contributed by atoms with Crippen molar-refractivity contribution >= 4 is 12.8 Å². The van der Waals surface area contributed by atoms with Crippen LogP contribution in [-0.4, -0.2) is 16.9 Å². The van der Waals surface area contributed by atoms with E-state index in [0.717, 1.165) is 12.0 Å². The summed E-state index contributed by atoms with van der Waals surface area (Å²) < 4.78 is 2.29. The van der Waals surface area contributed by atoms with Crippen LogP contribution in [0.5, 0.6) is 0 Å². The second kappa shape index (κ2) is 3.36. The number of piperidine rings is 1. The predicted octanol–water partition coefficient (Wildman–Crippen LogP) is 2.49. The molecule has 0 aromatic heterocycles. The molecule has 64 valence electrons. The molecule has 11 heavy (non-hydrogen) atoms. The molecule has 1 nitrogen and oxygen atoms in total. The Bertz CT molecular complexity index is 136. The number of thiol groups is 1. The van der Waals surface area contributed by atoms with Crippen molar-refractivity contribution in [1.82, 2.24) is 4.31 Å². The van der Waals surface area contributed by atoms with E-state index in [1.165, 1.54) is 45.1 Å². The molecule has 0 spiro atoms. The Morgan fingerprint density at radius 3 is 2.55 bits per heavy atom. The molecule has 1 heterocycles. The standard InChI is InChI=1S/C9H17NS/c11-10-7-3-5-8-4-1-2-6-9(8)10/h8-9,11H,1-7H2. The summed E-state index contributed by atoms with van der Waals surface area (Å²) in [5, 5.41) is 0. The van der Waals surface area contributed by atoms with E-state index in [-0.39, 0.29) is 0 Å². The van der Waals surface area contributed by atoms with Crippen LogP contribution in [0.1, 0.15) is 38.5 Å². The molecule has 1 aliphatic heterocycles. The first kappa shape index (κ1) is 7.93. The first-order valence-electron chi connectivity index (χ1n) is 4.83. The number of hydrogen-bond acceptors (Lipinski definition) is 2. The van der Waals surface area contributed by atoms with Crippen LogP contribution in [0.25, 0.3) is 0 Å². The lowest BCUT2D eigenvalue weighted by Crippen LogP contribution is -2.41. The fourth-order valence-electron chi connectivity index (χ4n) is 2.60. The summed E-state index contributed by atoms with van der Waals surface area (Å²) in [6, 6.07) is 0.820. The van der Waals surface area contributed by atoms with Gasteiger partial charge < -0.3 is 0 Å². The molecule has 1 aliphatic carbocycles. The van der Waals surface area contributed by atoms with Gasteiger partial charge in [-0.1, -0.05) is 25.7 Å². The average Bonchev–Trinajstić information content (AvgIpc) is 2.06. The van der Waals surface area contributed by atoms with Crippen LogP contribution in [0.2, 0.25) is 0 Å². The van der Waals surface area contributed by atoms with E-state index in [4.69, 9.17) is 0 Å². The molecule has 2 atom stereocenters. The highest BCUT2D eigenvalue weighted by Gasteiger charge is 2.31. The van der Waals surface area contributed by atoms with Crippen molar-refractivity contribution in [2.24, 2.45) is 5.92 Å². The Balaban J connectivity index is 1.99. The second-order valence-electron chi connectivity index (χ2n) is 3.92. The van der Waals surface area contributed by atoms with Crippen LogP contribution in [0.15, 0.2) is 0 Å². The fraction of sp³-hybridized carbons (Fsp3) is 1.00. The van der Waals surface area contributed by atoms with Crippen LogP contribution in [0.3, 0.4) is 0 Å². The van der Waals surface area contributed by atoms with Crippen LogP contribution in [0, 0.1) is 5.92 Å². The number of hydrogen-bond donors (Lipinski definition) is 1. The van der Waals surface area contributed by atoms with Crippen molar-refractivity contribution in [1.29, 1.82) is 0 Å². The largest absolute Gasteiger partial charge is 0.250 e. The SMILES string of the molecule is SN1CCCC2CCCCC21. The van der Waals surface area contributed by atoms with E-state index in [1.807, 2.05) is 0 Å². The number of fused-ring (bicyclic) bond motifs is 1. The maximum atomic E-state index is 4.52. The summed E-state index contributed by atoms with van der Waals surface area (Å²) in [6.45, 7) is 1.21. The summed E-state index contributed by atoms with van der Waals surface area (Å²) in [4.78, 5) is 0. The fourth-order valence-corrected chi connectivity index (χ4v) is 3.04. The van der Waals surface area contributed by atoms with Crippen LogP contribution in [0.4, 0.5) is 0 Å². The molecule has 0 radical (unpaired) electrons. The predicted molar refractivity (Wildman–Crippen MR) is 50.7 cm³/mol. The maximum Gasteiger partial charge on any atom is 0.0228 e. The third-order valence-electron chi connectivity index (χ3n) is 3.21. The molecule has 2 fully saturated rings. The topological polar surface area (TPSA) is 3.24 Å². The first-order valence-corrected chi connectivity index (χ1v) is 5.23. The third kappa shape index (κ3) is 1.57. The van der Waals surface area contributed by atoms with Gasteiger partial charge in [0, 0.05) is 12.6 Å². The van der Waals surface area contributed by atoms with E-state index in [9.17, 15) is 0 Å². The van der Waals surface area contributed by atoms with E-state index < -0.39 is 0 Å². The molecule has 0 N–H and O–H groups in total. The molecule has 0 aromatic rings. The summed E-state index contributed by atoms with van der Waals surface area (Å²) in [5.74, 6) is 0.981. The molecule has 1 saturated heterocycles. The van der Waals surface area contributed by atoms with Crippen molar-refractivity contribution in [3.05, 3.63) is 0 Å². The van der Waals surface area contributed by atoms with E-state index in [0.29, 0.717) is 0 Å². The Kier molecular flexibility index (Phi) is 2.42. The van der Waals surface area contributed by atoms with Gasteiger partial charge >= 0.3 is 0 Å². The van der Waals surface area contributed by atoms with Crippen molar-refractivity contribution < 1.29 is 0 Å². The Morgan fingerprint density at radius 2 is 1.73 bits per heavy atom. The van der Waals surface area contributed by atoms with Gasteiger partial charge in [0.1, 0.15) is 0 Å². The summed E-state index contributed by atoms with van der Waals surface area (Å²) in [5.41, 5.74) is 0. The monoisotopic (exact) mass is 171 g/mol. The lowest BCUT2D eigenvalue weighted by Gasteiger charge is -2.41. The van der Waals surface area contributed by atoms with Crippen molar-refractivity contribution in [3.63, 3.8) is 0 Å². The van der Waals surface area contributed by atoms with Gasteiger partial charge in [-0.25, -0.2) is 4.31 Å². The summed E-state index contributed by atoms with van der Waals surface area (Å²) in [6.07, 6.45) is 8.57. The van der Waals surface area contributed by atoms with Gasteiger partial charge in [-0.3, -0.25) is 0 Å². The Hall–Kier alpha value is 0.310. The lowest BCUT2D eigenvalue weighted by atomic mass is 9.79. The molecule has 1 saturated carbocycles. The molecule has 0 aromatic carbocycles. The van der Waals surface area contributed by atoms with E-state index in [2.05, 4.69) is 17.1 Å². The smallest absolute Gasteiger partial charge is 0.0228 e. The zero-order chi connectivity index (χ0) is 7.68. The highest BCUT2D eigenvalue weighted by Crippen LogP contribution is 2.35. The molecule has 2 rings (SSSR count).